The monoisotopic (exact) mass is 589 g/mol. The van der Waals surface area contributed by atoms with Crippen molar-refractivity contribution >= 4 is 53.3 Å². The summed E-state index contributed by atoms with van der Waals surface area (Å²) < 4.78 is 80.8. The average Bonchev–Trinajstić information content (AvgIpc) is 3.73. The van der Waals surface area contributed by atoms with Crippen LogP contribution in [0.5, 0.6) is 0 Å². The summed E-state index contributed by atoms with van der Waals surface area (Å²) in [5.41, 5.74) is 2.26. The summed E-state index contributed by atoms with van der Waals surface area (Å²) in [6, 6.07) is 24.8. The molecule has 0 N–H and O–H groups in total. The number of aromatic nitrogens is 4. The Bertz CT molecular complexity index is 2990. The Hall–Kier alpha value is -5.65. The highest BCUT2D eigenvalue weighted by Gasteiger charge is 2.18. The second kappa shape index (κ2) is 9.97. The van der Waals surface area contributed by atoms with Crippen LogP contribution in [0, 0.1) is 0 Å². The molecule has 0 bridgehead atoms. The maximum absolute atomic E-state index is 9.09. The Balaban J connectivity index is 1.37. The average molecular weight is 590 g/mol. The van der Waals surface area contributed by atoms with Gasteiger partial charge in [-0.05, 0) is 53.6 Å². The minimum atomic E-state index is -0.512. The molecule has 44 heavy (non-hydrogen) atoms. The minimum absolute atomic E-state index is 0.0233. The van der Waals surface area contributed by atoms with E-state index in [2.05, 4.69) is 12.1 Å². The Morgan fingerprint density at radius 2 is 1.18 bits per heavy atom. The molecule has 0 unspecified atom stereocenters. The number of hydrogen-bond acceptors (Lipinski definition) is 4. The molecule has 0 saturated heterocycles. The summed E-state index contributed by atoms with van der Waals surface area (Å²) in [5.74, 6) is 0.829. The molecule has 0 atom stereocenters. The fourth-order valence-electron chi connectivity index (χ4n) is 5.65. The van der Waals surface area contributed by atoms with Crippen LogP contribution in [-0.4, -0.2) is 19.5 Å². The zero-order valence-corrected chi connectivity index (χ0v) is 23.7. The normalized spacial score (nSPS) is 14.5. The van der Waals surface area contributed by atoms with Gasteiger partial charge in [0.1, 0.15) is 0 Å². The highest BCUT2D eigenvalue weighted by Crippen LogP contribution is 2.37. The van der Waals surface area contributed by atoms with Crippen molar-refractivity contribution in [3.63, 3.8) is 0 Å². The van der Waals surface area contributed by atoms with Crippen molar-refractivity contribution in [1.82, 2.24) is 19.5 Å². The highest BCUT2D eigenvalue weighted by molar-refractivity contribution is 7.25. The molecular weight excluding hydrogens is 557 g/mol. The Labute approximate surface area is 270 Å². The van der Waals surface area contributed by atoms with Gasteiger partial charge in [-0.1, -0.05) is 103 Å². The molecule has 0 aliphatic heterocycles. The topological polar surface area (TPSA) is 43.6 Å². The first kappa shape index (κ1) is 17.5. The number of nitrogens with zero attached hydrogens (tertiary/aromatic N) is 4. The molecule has 4 nitrogen and oxygen atoms in total. The number of thiophene rings is 1. The van der Waals surface area contributed by atoms with Gasteiger partial charge in [-0.25, -0.2) is 4.98 Å². The van der Waals surface area contributed by atoms with Crippen molar-refractivity contribution in [1.29, 1.82) is 0 Å². The number of para-hydroxylation sites is 1. The minimum Gasteiger partial charge on any atom is -0.278 e. The van der Waals surface area contributed by atoms with Crippen molar-refractivity contribution in [2.24, 2.45) is 0 Å². The molecule has 0 fully saturated rings. The van der Waals surface area contributed by atoms with Crippen LogP contribution in [0.15, 0.2) is 145 Å². The fraction of sp³-hybridized carbons (Fsp3) is 0. The highest BCUT2D eigenvalue weighted by atomic mass is 32.1. The van der Waals surface area contributed by atoms with E-state index in [4.69, 9.17) is 27.3 Å². The van der Waals surface area contributed by atoms with Gasteiger partial charge in [0.05, 0.1) is 23.4 Å². The lowest BCUT2D eigenvalue weighted by Gasteiger charge is -2.11. The third kappa shape index (κ3) is 4.02. The zero-order chi connectivity index (χ0) is 36.9. The molecule has 6 aromatic carbocycles. The van der Waals surface area contributed by atoms with E-state index >= 15 is 0 Å². The Kier molecular flexibility index (Phi) is 3.96. The van der Waals surface area contributed by atoms with Crippen LogP contribution in [0.2, 0.25) is 0 Å². The fourth-order valence-corrected chi connectivity index (χ4v) is 6.74. The lowest BCUT2D eigenvalue weighted by molar-refractivity contribution is 0.954. The predicted molar refractivity (Wildman–Crippen MR) is 183 cm³/mol. The maximum Gasteiger partial charge on any atom is 0.238 e. The van der Waals surface area contributed by atoms with E-state index in [1.54, 1.807) is 34.1 Å². The summed E-state index contributed by atoms with van der Waals surface area (Å²) in [6.45, 7) is 0. The summed E-state index contributed by atoms with van der Waals surface area (Å²) in [7, 11) is 0. The van der Waals surface area contributed by atoms with E-state index < -0.39 is 30.2 Å². The van der Waals surface area contributed by atoms with Crippen molar-refractivity contribution in [2.45, 2.75) is 0 Å². The Morgan fingerprint density at radius 1 is 0.477 bits per heavy atom. The van der Waals surface area contributed by atoms with E-state index in [-0.39, 0.29) is 46.6 Å². The smallest absolute Gasteiger partial charge is 0.238 e. The van der Waals surface area contributed by atoms with Gasteiger partial charge < -0.3 is 0 Å². The molecule has 5 heteroatoms. The van der Waals surface area contributed by atoms with Crippen LogP contribution in [0.1, 0.15) is 12.3 Å². The summed E-state index contributed by atoms with van der Waals surface area (Å²) in [5, 5.41) is 2.71. The van der Waals surface area contributed by atoms with Crippen LogP contribution >= 0.6 is 11.3 Å². The van der Waals surface area contributed by atoms with E-state index in [0.717, 1.165) is 25.7 Å². The summed E-state index contributed by atoms with van der Waals surface area (Å²) in [4.78, 5) is 14.8. The molecule has 0 aliphatic carbocycles. The van der Waals surface area contributed by atoms with Crippen molar-refractivity contribution in [3.05, 3.63) is 145 Å². The first-order valence-electron chi connectivity index (χ1n) is 18.4. The van der Waals surface area contributed by atoms with E-state index in [1.807, 2.05) is 60.7 Å². The molecule has 9 rings (SSSR count). The quantitative estimate of drug-likeness (QED) is 0.205. The number of rotatable bonds is 4. The van der Waals surface area contributed by atoms with Crippen LogP contribution in [-0.2, 0) is 0 Å². The SMILES string of the molecule is [2H]c1c([2H])c([2H])c(-c2ccc3c(c2)c2c([2H])c([2H])c([2H])c([2H])c2n3-c2nc(-c3ccccc3)nc(-c3ccc4sc5ccccc5c4c3)n2)c([2H])c1[2H]. The molecular formula is C39H24N4S. The first-order chi connectivity index (χ1) is 25.5. The summed E-state index contributed by atoms with van der Waals surface area (Å²) in [6.07, 6.45) is 0. The number of benzene rings is 6. The maximum atomic E-state index is 9.09. The number of fused-ring (bicyclic) bond motifs is 6. The third-order valence-electron chi connectivity index (χ3n) is 7.68. The lowest BCUT2D eigenvalue weighted by atomic mass is 10.0. The predicted octanol–water partition coefficient (Wildman–Crippen LogP) is 10.3. The molecule has 0 saturated carbocycles. The van der Waals surface area contributed by atoms with Crippen LogP contribution in [0.25, 0.3) is 81.8 Å². The zero-order valence-electron chi connectivity index (χ0n) is 31.9. The second-order valence-electron chi connectivity index (χ2n) is 10.2. The van der Waals surface area contributed by atoms with Gasteiger partial charge in [0.15, 0.2) is 11.6 Å². The second-order valence-corrected chi connectivity index (χ2v) is 11.3. The van der Waals surface area contributed by atoms with Crippen molar-refractivity contribution in [3.8, 4) is 39.9 Å². The van der Waals surface area contributed by atoms with Crippen LogP contribution in [0.4, 0.5) is 0 Å². The lowest BCUT2D eigenvalue weighted by Crippen LogP contribution is -2.06. The van der Waals surface area contributed by atoms with E-state index in [1.165, 1.54) is 0 Å². The van der Waals surface area contributed by atoms with E-state index in [9.17, 15) is 0 Å². The molecule has 0 radical (unpaired) electrons. The van der Waals surface area contributed by atoms with Crippen molar-refractivity contribution < 1.29 is 12.3 Å². The molecule has 0 aliphatic rings. The molecule has 3 heterocycles. The van der Waals surface area contributed by atoms with Gasteiger partial charge in [-0.2, -0.15) is 9.97 Å². The largest absolute Gasteiger partial charge is 0.278 e. The number of hydrogen-bond donors (Lipinski definition) is 0. The standard InChI is InChI=1S/C39H24N4S/c1-3-11-25(12-4-1)27-19-21-34-31(23-27)29-15-7-9-17-33(29)43(34)39-41-37(26-13-5-2-6-14-26)40-38(42-39)28-20-22-36-32(24-28)30-16-8-10-18-35(30)44-36/h1-24H/i1D,3D,4D,7D,9D,11D,12D,15D,17D. The van der Waals surface area contributed by atoms with Gasteiger partial charge in [0.2, 0.25) is 5.95 Å². The van der Waals surface area contributed by atoms with Gasteiger partial charge >= 0.3 is 0 Å². The molecule has 0 amide bonds. The van der Waals surface area contributed by atoms with Gasteiger partial charge in [0.25, 0.3) is 0 Å². The summed E-state index contributed by atoms with van der Waals surface area (Å²) >= 11 is 1.70. The molecule has 0 spiro atoms. The third-order valence-corrected chi connectivity index (χ3v) is 8.83. The van der Waals surface area contributed by atoms with E-state index in [0.29, 0.717) is 33.7 Å². The van der Waals surface area contributed by atoms with Crippen molar-refractivity contribution in [2.75, 3.05) is 0 Å². The molecule has 9 aromatic rings. The van der Waals surface area contributed by atoms with Crippen LogP contribution in [0.3, 0.4) is 0 Å². The van der Waals surface area contributed by atoms with Crippen LogP contribution < -0.4 is 0 Å². The van der Waals surface area contributed by atoms with Gasteiger partial charge in [-0.3, -0.25) is 4.57 Å². The first-order valence-corrected chi connectivity index (χ1v) is 14.7. The molecule has 206 valence electrons. The molecule has 3 aromatic heterocycles. The Morgan fingerprint density at radius 3 is 2.07 bits per heavy atom. The van der Waals surface area contributed by atoms with Gasteiger partial charge in [0, 0.05) is 42.1 Å². The van der Waals surface area contributed by atoms with Gasteiger partial charge in [-0.15, -0.1) is 11.3 Å².